The highest BCUT2D eigenvalue weighted by Gasteiger charge is 2.22. The van der Waals surface area contributed by atoms with Crippen LogP contribution in [0.4, 0.5) is 0 Å². The Kier molecular flexibility index (Phi) is 4.85. The van der Waals surface area contributed by atoms with E-state index in [1.54, 1.807) is 12.1 Å². The molecule has 0 N–H and O–H groups in total. The van der Waals surface area contributed by atoms with E-state index in [1.165, 1.54) is 19.2 Å². The second-order valence-corrected chi connectivity index (χ2v) is 7.13. The fourth-order valence-corrected chi connectivity index (χ4v) is 3.31. The molecule has 0 atom stereocenters. The van der Waals surface area contributed by atoms with Crippen molar-refractivity contribution in [3.63, 3.8) is 0 Å². The average molecular weight is 339 g/mol. The van der Waals surface area contributed by atoms with Gasteiger partial charge in [0.1, 0.15) is 0 Å². The Labute approximate surface area is 133 Å². The van der Waals surface area contributed by atoms with E-state index in [4.69, 9.17) is 11.6 Å². The Balaban J connectivity index is 2.34. The number of sulfonamides is 1. The first-order chi connectivity index (χ1) is 10.3. The van der Waals surface area contributed by atoms with Crippen LogP contribution in [0.3, 0.4) is 0 Å². The number of aromatic carboxylic acids is 1. The first-order valence-electron chi connectivity index (χ1n) is 6.33. The van der Waals surface area contributed by atoms with Gasteiger partial charge in [0.05, 0.1) is 10.9 Å². The third-order valence-corrected chi connectivity index (χ3v) is 5.24. The number of nitrogens with zero attached hydrogens (tertiary/aromatic N) is 1. The minimum Gasteiger partial charge on any atom is -0.545 e. The first-order valence-corrected chi connectivity index (χ1v) is 8.15. The largest absolute Gasteiger partial charge is 0.545 e. The maximum Gasteiger partial charge on any atom is 0.243 e. The van der Waals surface area contributed by atoms with Crippen LogP contribution < -0.4 is 5.11 Å². The minimum absolute atomic E-state index is 0.0651. The molecule has 0 bridgehead atoms. The van der Waals surface area contributed by atoms with Crippen LogP contribution in [0.15, 0.2) is 53.4 Å². The molecule has 0 heterocycles. The van der Waals surface area contributed by atoms with Crippen LogP contribution in [-0.4, -0.2) is 25.7 Å². The second-order valence-electron chi connectivity index (χ2n) is 4.68. The highest BCUT2D eigenvalue weighted by molar-refractivity contribution is 7.89. The van der Waals surface area contributed by atoms with Crippen molar-refractivity contribution >= 4 is 27.6 Å². The summed E-state index contributed by atoms with van der Waals surface area (Å²) in [6.45, 7) is 0.173. The zero-order chi connectivity index (χ0) is 16.3. The van der Waals surface area contributed by atoms with E-state index >= 15 is 0 Å². The molecule has 0 aliphatic heterocycles. The molecule has 0 aromatic heterocycles. The van der Waals surface area contributed by atoms with E-state index in [1.807, 2.05) is 18.2 Å². The van der Waals surface area contributed by atoms with Crippen molar-refractivity contribution in [3.05, 3.63) is 64.7 Å². The lowest BCUT2D eigenvalue weighted by molar-refractivity contribution is -0.255. The van der Waals surface area contributed by atoms with Gasteiger partial charge < -0.3 is 9.90 Å². The predicted octanol–water partition coefficient (Wildman–Crippen LogP) is 1.52. The number of halogens is 1. The molecule has 22 heavy (non-hydrogen) atoms. The summed E-state index contributed by atoms with van der Waals surface area (Å²) in [5.74, 6) is -1.52. The minimum atomic E-state index is -3.83. The summed E-state index contributed by atoms with van der Waals surface area (Å²) < 4.78 is 26.1. The van der Waals surface area contributed by atoms with Crippen LogP contribution >= 0.6 is 11.6 Å². The Hall–Kier alpha value is -1.89. The molecule has 0 aliphatic carbocycles. The van der Waals surface area contributed by atoms with Crippen LogP contribution in [0, 0.1) is 0 Å². The van der Waals surface area contributed by atoms with E-state index in [2.05, 4.69) is 0 Å². The summed E-state index contributed by atoms with van der Waals surface area (Å²) in [4.78, 5) is 10.8. The maximum atomic E-state index is 12.5. The van der Waals surface area contributed by atoms with E-state index in [0.717, 1.165) is 15.9 Å². The van der Waals surface area contributed by atoms with Gasteiger partial charge in [-0.15, -0.1) is 0 Å². The quantitative estimate of drug-likeness (QED) is 0.828. The molecule has 7 heteroatoms. The average Bonchev–Trinajstić information content (AvgIpc) is 2.48. The van der Waals surface area contributed by atoms with Gasteiger partial charge in [-0.1, -0.05) is 41.9 Å². The van der Waals surface area contributed by atoms with Crippen LogP contribution in [0.1, 0.15) is 15.9 Å². The zero-order valence-corrected chi connectivity index (χ0v) is 13.3. The van der Waals surface area contributed by atoms with Gasteiger partial charge in [0.25, 0.3) is 0 Å². The van der Waals surface area contributed by atoms with Crippen LogP contribution in [0.5, 0.6) is 0 Å². The molecule has 0 fully saturated rings. The molecular weight excluding hydrogens is 326 g/mol. The molecule has 0 amide bonds. The van der Waals surface area contributed by atoms with Crippen molar-refractivity contribution in [3.8, 4) is 0 Å². The monoisotopic (exact) mass is 338 g/mol. The van der Waals surface area contributed by atoms with Crippen molar-refractivity contribution in [2.45, 2.75) is 11.4 Å². The zero-order valence-electron chi connectivity index (χ0n) is 11.7. The molecule has 0 saturated heterocycles. The molecule has 5 nitrogen and oxygen atoms in total. The summed E-state index contributed by atoms with van der Waals surface area (Å²) >= 11 is 5.72. The second kappa shape index (κ2) is 6.48. The Morgan fingerprint density at radius 3 is 2.41 bits per heavy atom. The van der Waals surface area contributed by atoms with E-state index in [0.29, 0.717) is 0 Å². The molecule has 2 aromatic carbocycles. The van der Waals surface area contributed by atoms with Gasteiger partial charge in [-0.05, 0) is 23.8 Å². The van der Waals surface area contributed by atoms with Gasteiger partial charge in [0.15, 0.2) is 0 Å². The Morgan fingerprint density at radius 2 is 1.82 bits per heavy atom. The lowest BCUT2D eigenvalue weighted by atomic mass is 10.2. The lowest BCUT2D eigenvalue weighted by Crippen LogP contribution is -2.27. The molecule has 0 spiro atoms. The normalized spacial score (nSPS) is 11.6. The maximum absolute atomic E-state index is 12.5. The number of hydrogen-bond acceptors (Lipinski definition) is 4. The summed E-state index contributed by atoms with van der Waals surface area (Å²) in [6, 6.07) is 12.6. The summed E-state index contributed by atoms with van der Waals surface area (Å²) in [7, 11) is -2.40. The van der Waals surface area contributed by atoms with Crippen molar-refractivity contribution in [2.75, 3.05) is 7.05 Å². The number of hydrogen-bond donors (Lipinski definition) is 0. The molecule has 2 rings (SSSR count). The number of carboxylic acids is 1. The van der Waals surface area contributed by atoms with Crippen LogP contribution in [-0.2, 0) is 16.6 Å². The van der Waals surface area contributed by atoms with Gasteiger partial charge in [0.2, 0.25) is 10.0 Å². The molecule has 0 radical (unpaired) electrons. The fourth-order valence-electron chi connectivity index (χ4n) is 1.93. The number of carboxylic acid groups (broad SMARTS) is 1. The first kappa shape index (κ1) is 16.5. The topological polar surface area (TPSA) is 77.5 Å². The predicted molar refractivity (Wildman–Crippen MR) is 80.9 cm³/mol. The molecule has 0 aliphatic rings. The van der Waals surface area contributed by atoms with E-state index in [9.17, 15) is 18.3 Å². The van der Waals surface area contributed by atoms with Gasteiger partial charge in [-0.2, -0.15) is 4.31 Å². The Morgan fingerprint density at radius 1 is 1.18 bits per heavy atom. The fraction of sp³-hybridized carbons (Fsp3) is 0.133. The summed E-state index contributed by atoms with van der Waals surface area (Å²) in [5.41, 5.74) is 0.471. The number of carbonyl (C=O) groups is 1. The standard InChI is InChI=1S/C15H14ClNO4S/c1-17(10-11-5-3-2-4-6-11)22(20,21)12-7-8-14(16)13(9-12)15(18)19/h2-9H,10H2,1H3,(H,18,19)/p-1. The number of carbonyl (C=O) groups excluding carboxylic acids is 1. The van der Waals surface area contributed by atoms with Crippen LogP contribution in [0.25, 0.3) is 0 Å². The van der Waals surface area contributed by atoms with Gasteiger partial charge in [0, 0.05) is 24.2 Å². The van der Waals surface area contributed by atoms with Crippen LogP contribution in [0.2, 0.25) is 5.02 Å². The van der Waals surface area contributed by atoms with Gasteiger partial charge in [-0.3, -0.25) is 0 Å². The molecule has 0 saturated carbocycles. The van der Waals surface area contributed by atoms with Gasteiger partial charge >= 0.3 is 0 Å². The van der Waals surface area contributed by atoms with Crippen molar-refractivity contribution in [1.82, 2.24) is 4.31 Å². The van der Waals surface area contributed by atoms with Crippen molar-refractivity contribution in [1.29, 1.82) is 0 Å². The number of benzene rings is 2. The van der Waals surface area contributed by atoms with Crippen molar-refractivity contribution in [2.24, 2.45) is 0 Å². The molecule has 116 valence electrons. The summed E-state index contributed by atoms with van der Waals surface area (Å²) in [5, 5.41) is 10.9. The molecular formula is C15H13ClNO4S-. The third kappa shape index (κ3) is 3.47. The smallest absolute Gasteiger partial charge is 0.243 e. The molecule has 2 aromatic rings. The SMILES string of the molecule is CN(Cc1ccccc1)S(=O)(=O)c1ccc(Cl)c(C(=O)[O-])c1. The highest BCUT2D eigenvalue weighted by atomic mass is 35.5. The lowest BCUT2D eigenvalue weighted by Gasteiger charge is -2.18. The summed E-state index contributed by atoms with van der Waals surface area (Å²) in [6.07, 6.45) is 0. The van der Waals surface area contributed by atoms with Crippen molar-refractivity contribution < 1.29 is 18.3 Å². The van der Waals surface area contributed by atoms with E-state index < -0.39 is 16.0 Å². The third-order valence-electron chi connectivity index (χ3n) is 3.11. The van der Waals surface area contributed by atoms with Gasteiger partial charge in [-0.25, -0.2) is 8.42 Å². The Bertz CT molecular complexity index is 790. The molecule has 0 unspecified atom stereocenters. The number of rotatable bonds is 5. The highest BCUT2D eigenvalue weighted by Crippen LogP contribution is 2.23. The van der Waals surface area contributed by atoms with E-state index in [-0.39, 0.29) is 22.0 Å².